The van der Waals surface area contributed by atoms with Gasteiger partial charge in [-0.05, 0) is 18.8 Å². The highest BCUT2D eigenvalue weighted by Crippen LogP contribution is 2.11. The standard InChI is InChI=1S/C16H30N4O.HI/c1-5-8-9-13(6-2)11-18-16(17-4)19-12-15-10-14(7-3)20-21-15;/h10,13H,5-9,11-12H2,1-4H3,(H2,17,18,19);1H. The van der Waals surface area contributed by atoms with Gasteiger partial charge in [-0.15, -0.1) is 24.0 Å². The van der Waals surface area contributed by atoms with Gasteiger partial charge in [0.25, 0.3) is 0 Å². The Labute approximate surface area is 151 Å². The second kappa shape index (κ2) is 12.7. The minimum absolute atomic E-state index is 0. The molecule has 1 aromatic rings. The molecular weight excluding hydrogens is 391 g/mol. The Morgan fingerprint density at radius 2 is 2.09 bits per heavy atom. The van der Waals surface area contributed by atoms with E-state index in [2.05, 4.69) is 41.6 Å². The van der Waals surface area contributed by atoms with Crippen LogP contribution < -0.4 is 10.6 Å². The van der Waals surface area contributed by atoms with Crippen LogP contribution in [0, 0.1) is 5.92 Å². The maximum absolute atomic E-state index is 5.26. The summed E-state index contributed by atoms with van der Waals surface area (Å²) in [6.07, 6.45) is 5.93. The smallest absolute Gasteiger partial charge is 0.191 e. The van der Waals surface area contributed by atoms with Crippen molar-refractivity contribution < 1.29 is 4.52 Å². The summed E-state index contributed by atoms with van der Waals surface area (Å²) in [7, 11) is 1.79. The summed E-state index contributed by atoms with van der Waals surface area (Å²) in [5, 5.41) is 10.6. The van der Waals surface area contributed by atoms with Gasteiger partial charge in [-0.1, -0.05) is 45.2 Å². The van der Waals surface area contributed by atoms with E-state index in [4.69, 9.17) is 4.52 Å². The molecule has 22 heavy (non-hydrogen) atoms. The van der Waals surface area contributed by atoms with Crippen molar-refractivity contribution in [3.05, 3.63) is 17.5 Å². The third-order valence-corrected chi connectivity index (χ3v) is 3.73. The minimum atomic E-state index is 0. The molecule has 0 aliphatic rings. The molecule has 0 aliphatic carbocycles. The molecule has 0 amide bonds. The van der Waals surface area contributed by atoms with Crippen LogP contribution >= 0.6 is 24.0 Å². The predicted octanol–water partition coefficient (Wildman–Crippen LogP) is 3.74. The zero-order valence-corrected chi connectivity index (χ0v) is 16.6. The van der Waals surface area contributed by atoms with Crippen LogP contribution in [0.1, 0.15) is 57.9 Å². The fraction of sp³-hybridized carbons (Fsp3) is 0.750. The monoisotopic (exact) mass is 422 g/mol. The summed E-state index contributed by atoms with van der Waals surface area (Å²) in [5.41, 5.74) is 0.986. The van der Waals surface area contributed by atoms with Gasteiger partial charge in [0.15, 0.2) is 11.7 Å². The molecule has 0 spiro atoms. The number of hydrogen-bond donors (Lipinski definition) is 2. The summed E-state index contributed by atoms with van der Waals surface area (Å²) in [4.78, 5) is 4.25. The third kappa shape index (κ3) is 8.00. The van der Waals surface area contributed by atoms with Crippen LogP contribution in [0.4, 0.5) is 0 Å². The Balaban J connectivity index is 0.00000441. The number of aromatic nitrogens is 1. The van der Waals surface area contributed by atoms with Crippen LogP contribution in [0.25, 0.3) is 0 Å². The normalized spacial score (nSPS) is 12.6. The molecule has 5 nitrogen and oxygen atoms in total. The summed E-state index contributed by atoms with van der Waals surface area (Å²) in [6.45, 7) is 8.13. The maximum atomic E-state index is 5.26. The first-order valence-corrected chi connectivity index (χ1v) is 8.12. The first kappa shape index (κ1) is 21.2. The predicted molar refractivity (Wildman–Crippen MR) is 103 cm³/mol. The van der Waals surface area contributed by atoms with E-state index in [0.717, 1.165) is 30.4 Å². The van der Waals surface area contributed by atoms with Crippen molar-refractivity contribution in [3.8, 4) is 0 Å². The number of unbranched alkanes of at least 4 members (excludes halogenated alkanes) is 1. The second-order valence-electron chi connectivity index (χ2n) is 5.36. The summed E-state index contributed by atoms with van der Waals surface area (Å²) in [6, 6.07) is 1.98. The summed E-state index contributed by atoms with van der Waals surface area (Å²) < 4.78 is 5.26. The molecule has 0 fully saturated rings. The number of rotatable bonds is 9. The number of nitrogens with zero attached hydrogens (tertiary/aromatic N) is 2. The van der Waals surface area contributed by atoms with Crippen LogP contribution in [-0.4, -0.2) is 24.7 Å². The van der Waals surface area contributed by atoms with E-state index >= 15 is 0 Å². The molecule has 128 valence electrons. The summed E-state index contributed by atoms with van der Waals surface area (Å²) >= 11 is 0. The molecule has 2 N–H and O–H groups in total. The molecule has 0 bridgehead atoms. The van der Waals surface area contributed by atoms with Crippen LogP contribution in [-0.2, 0) is 13.0 Å². The van der Waals surface area contributed by atoms with Gasteiger partial charge >= 0.3 is 0 Å². The van der Waals surface area contributed by atoms with Crippen molar-refractivity contribution >= 4 is 29.9 Å². The molecule has 1 rings (SSSR count). The lowest BCUT2D eigenvalue weighted by atomic mass is 9.99. The molecule has 1 heterocycles. The minimum Gasteiger partial charge on any atom is -0.359 e. The lowest BCUT2D eigenvalue weighted by Gasteiger charge is -2.17. The van der Waals surface area contributed by atoms with Crippen LogP contribution in [0.5, 0.6) is 0 Å². The molecule has 0 aliphatic heterocycles. The number of guanidine groups is 1. The molecule has 0 saturated heterocycles. The van der Waals surface area contributed by atoms with Crippen molar-refractivity contribution in [2.24, 2.45) is 10.9 Å². The first-order chi connectivity index (χ1) is 10.2. The van der Waals surface area contributed by atoms with Crippen molar-refractivity contribution in [3.63, 3.8) is 0 Å². The topological polar surface area (TPSA) is 62.5 Å². The highest BCUT2D eigenvalue weighted by atomic mass is 127. The number of aryl methyl sites for hydroxylation is 1. The molecule has 0 aromatic carbocycles. The first-order valence-electron chi connectivity index (χ1n) is 8.12. The van der Waals surface area contributed by atoms with Gasteiger partial charge in [0, 0.05) is 19.7 Å². The Morgan fingerprint density at radius 3 is 2.64 bits per heavy atom. The molecule has 0 radical (unpaired) electrons. The van der Waals surface area contributed by atoms with Gasteiger partial charge in [0.2, 0.25) is 0 Å². The van der Waals surface area contributed by atoms with Crippen molar-refractivity contribution in [2.75, 3.05) is 13.6 Å². The quantitative estimate of drug-likeness (QED) is 0.362. The van der Waals surface area contributed by atoms with E-state index in [1.807, 2.05) is 6.07 Å². The summed E-state index contributed by atoms with van der Waals surface area (Å²) in [5.74, 6) is 2.37. The molecule has 1 atom stereocenters. The van der Waals surface area contributed by atoms with E-state index in [0.29, 0.717) is 12.5 Å². The zero-order valence-electron chi connectivity index (χ0n) is 14.3. The van der Waals surface area contributed by atoms with E-state index in [1.54, 1.807) is 7.05 Å². The van der Waals surface area contributed by atoms with E-state index in [-0.39, 0.29) is 24.0 Å². The van der Waals surface area contributed by atoms with E-state index in [1.165, 1.54) is 25.7 Å². The molecular formula is C16H31IN4O. The SMILES string of the molecule is CCCCC(CC)CNC(=NC)NCc1cc(CC)no1.I. The zero-order chi connectivity index (χ0) is 15.5. The Hall–Kier alpha value is -0.790. The van der Waals surface area contributed by atoms with Crippen LogP contribution in [0.15, 0.2) is 15.6 Å². The number of aliphatic imine (C=N–C) groups is 1. The molecule has 1 unspecified atom stereocenters. The van der Waals surface area contributed by atoms with Crippen LogP contribution in [0.2, 0.25) is 0 Å². The third-order valence-electron chi connectivity index (χ3n) is 3.73. The number of nitrogens with one attached hydrogen (secondary N) is 2. The lowest BCUT2D eigenvalue weighted by Crippen LogP contribution is -2.39. The van der Waals surface area contributed by atoms with Gasteiger partial charge in [0.1, 0.15) is 0 Å². The Kier molecular flexibility index (Phi) is 12.3. The lowest BCUT2D eigenvalue weighted by molar-refractivity contribution is 0.374. The Morgan fingerprint density at radius 1 is 1.32 bits per heavy atom. The van der Waals surface area contributed by atoms with Gasteiger partial charge in [-0.2, -0.15) is 0 Å². The molecule has 1 aromatic heterocycles. The van der Waals surface area contributed by atoms with Gasteiger partial charge in [-0.25, -0.2) is 0 Å². The van der Waals surface area contributed by atoms with E-state index in [9.17, 15) is 0 Å². The number of halogens is 1. The van der Waals surface area contributed by atoms with Crippen molar-refractivity contribution in [1.29, 1.82) is 0 Å². The molecule has 6 heteroatoms. The fourth-order valence-electron chi connectivity index (χ4n) is 2.18. The van der Waals surface area contributed by atoms with Crippen LogP contribution in [0.3, 0.4) is 0 Å². The number of hydrogen-bond acceptors (Lipinski definition) is 3. The largest absolute Gasteiger partial charge is 0.359 e. The maximum Gasteiger partial charge on any atom is 0.191 e. The van der Waals surface area contributed by atoms with Crippen molar-refractivity contribution in [1.82, 2.24) is 15.8 Å². The highest BCUT2D eigenvalue weighted by Gasteiger charge is 2.08. The highest BCUT2D eigenvalue weighted by molar-refractivity contribution is 14.0. The van der Waals surface area contributed by atoms with Gasteiger partial charge in [-0.3, -0.25) is 4.99 Å². The Bertz CT molecular complexity index is 420. The average Bonchev–Trinajstić information content (AvgIpc) is 2.98. The second-order valence-corrected chi connectivity index (χ2v) is 5.36. The van der Waals surface area contributed by atoms with Crippen molar-refractivity contribution in [2.45, 2.75) is 59.4 Å². The van der Waals surface area contributed by atoms with Gasteiger partial charge < -0.3 is 15.2 Å². The van der Waals surface area contributed by atoms with Gasteiger partial charge in [0.05, 0.1) is 12.2 Å². The fourth-order valence-corrected chi connectivity index (χ4v) is 2.18. The average molecular weight is 422 g/mol. The van der Waals surface area contributed by atoms with E-state index < -0.39 is 0 Å². The molecule has 0 saturated carbocycles.